The minimum atomic E-state index is -3.08. The van der Waals surface area contributed by atoms with Crippen molar-refractivity contribution in [2.45, 2.75) is 0 Å². The Morgan fingerprint density at radius 3 is 1.00 bits per heavy atom. The molecule has 14 aromatic carbocycles. The minimum absolute atomic E-state index is 1.08. The Bertz CT molecular complexity index is 5350. The van der Waals surface area contributed by atoms with E-state index < -0.39 is 8.07 Å². The van der Waals surface area contributed by atoms with Crippen LogP contribution in [0.25, 0.3) is 127 Å². The van der Waals surface area contributed by atoms with Crippen molar-refractivity contribution in [3.8, 4) is 61.6 Å². The third-order valence-electron chi connectivity index (χ3n) is 18.4. The van der Waals surface area contributed by atoms with Crippen LogP contribution in [0.5, 0.6) is 0 Å². The van der Waals surface area contributed by atoms with E-state index in [4.69, 9.17) is 0 Å². The highest BCUT2D eigenvalue weighted by Crippen LogP contribution is 2.41. The van der Waals surface area contributed by atoms with Crippen molar-refractivity contribution in [2.75, 3.05) is 0 Å². The van der Waals surface area contributed by atoms with Gasteiger partial charge in [0, 0.05) is 49.4 Å². The lowest BCUT2D eigenvalue weighted by molar-refractivity contribution is 1.13. The van der Waals surface area contributed by atoms with Gasteiger partial charge < -0.3 is 13.7 Å². The summed E-state index contributed by atoms with van der Waals surface area (Å²) >= 11 is 0. The van der Waals surface area contributed by atoms with Crippen molar-refractivity contribution >= 4 is 94.2 Å². The summed E-state index contributed by atoms with van der Waals surface area (Å²) < 4.78 is 7.44. The molecule has 3 heterocycles. The van der Waals surface area contributed by atoms with Crippen molar-refractivity contribution < 1.29 is 0 Å². The number of hydrogen-bond donors (Lipinski definition) is 0. The zero-order valence-electron chi connectivity index (χ0n) is 48.3. The topological polar surface area (TPSA) is 14.8 Å². The zero-order chi connectivity index (χ0) is 58.1. The molecule has 0 aliphatic carbocycles. The number of rotatable bonds is 11. The highest BCUT2D eigenvalue weighted by Gasteiger charge is 2.42. The van der Waals surface area contributed by atoms with Crippen LogP contribution in [0.15, 0.2) is 346 Å². The first-order valence-corrected chi connectivity index (χ1v) is 32.4. The van der Waals surface area contributed by atoms with Crippen LogP contribution in [0, 0.1) is 0 Å². The normalized spacial score (nSPS) is 11.9. The highest BCUT2D eigenvalue weighted by atomic mass is 28.3. The van der Waals surface area contributed by atoms with Crippen LogP contribution in [0.3, 0.4) is 0 Å². The molecule has 412 valence electrons. The van der Waals surface area contributed by atoms with Gasteiger partial charge >= 0.3 is 0 Å². The molecule has 0 saturated carbocycles. The molecule has 0 fully saturated rings. The third-order valence-corrected chi connectivity index (χ3v) is 23.1. The van der Waals surface area contributed by atoms with Gasteiger partial charge in [0.15, 0.2) is 8.07 Å². The first kappa shape index (κ1) is 51.1. The number of fused-ring (bicyclic) bond motifs is 9. The van der Waals surface area contributed by atoms with Crippen LogP contribution in [0.4, 0.5) is 0 Å². The molecule has 0 amide bonds. The van der Waals surface area contributed by atoms with Crippen molar-refractivity contribution in [3.63, 3.8) is 0 Å². The Kier molecular flexibility index (Phi) is 12.2. The van der Waals surface area contributed by atoms with Gasteiger partial charge in [-0.05, 0) is 132 Å². The summed E-state index contributed by atoms with van der Waals surface area (Å²) in [5, 5.41) is 12.6. The maximum atomic E-state index is 2.51. The second-order valence-electron chi connectivity index (χ2n) is 23.2. The summed E-state index contributed by atoms with van der Waals surface area (Å²) in [6, 6.07) is 129. The van der Waals surface area contributed by atoms with Gasteiger partial charge in [-0.2, -0.15) is 0 Å². The van der Waals surface area contributed by atoms with E-state index >= 15 is 0 Å². The third kappa shape index (κ3) is 8.33. The zero-order valence-corrected chi connectivity index (χ0v) is 49.3. The standard InChI is InChI=1S/C84H57N3Si/c1-5-23-58(24-6-1)62-29-21-33-71(53-62)88(69-31-11-4-12-32-69,72-34-22-30-63(54-72)59-25-7-2-8-26-59)70-47-43-61(44-48-70)65-51-67(86-79-39-17-13-35-73(79)74-36-14-18-40-80(74)86)56-68(52-65)87-81-41-19-15-37-75(81)77-49-46-66(57-84(77)87)85-82-42-20-16-38-76(82)78-55-64(45-50-83(78)85)60-27-9-3-10-28-60/h1-57H. The molecule has 0 aliphatic heterocycles. The van der Waals surface area contributed by atoms with E-state index in [0.717, 1.165) is 39.2 Å². The van der Waals surface area contributed by atoms with E-state index in [9.17, 15) is 0 Å². The highest BCUT2D eigenvalue weighted by molar-refractivity contribution is 7.20. The second kappa shape index (κ2) is 21.0. The van der Waals surface area contributed by atoms with Crippen LogP contribution in [0.1, 0.15) is 0 Å². The summed E-state index contributed by atoms with van der Waals surface area (Å²) in [4.78, 5) is 0. The molecule has 3 nitrogen and oxygen atoms in total. The largest absolute Gasteiger partial charge is 0.309 e. The molecule has 3 aromatic heterocycles. The molecule has 0 radical (unpaired) electrons. The van der Waals surface area contributed by atoms with E-state index in [1.807, 2.05) is 0 Å². The van der Waals surface area contributed by atoms with Crippen LogP contribution >= 0.6 is 0 Å². The monoisotopic (exact) mass is 1140 g/mol. The Hall–Kier alpha value is -11.3. The number of hydrogen-bond acceptors (Lipinski definition) is 0. The molecule has 4 heteroatoms. The maximum Gasteiger partial charge on any atom is 0.179 e. The summed E-state index contributed by atoms with van der Waals surface area (Å²) in [5.74, 6) is 0. The SMILES string of the molecule is c1ccc(-c2cccc([Si](c3ccccc3)(c3ccc(-c4cc(-n5c6ccccc6c6ccccc65)cc(-n5c6ccccc6c6ccc(-n7c8ccccc8c8cc(-c9ccccc9)ccc87)cc65)c4)cc3)c3cccc(-c4ccccc4)c3)c2)cc1. The molecular formula is C84H57N3Si. The first-order chi connectivity index (χ1) is 43.6. The van der Waals surface area contributed by atoms with E-state index in [0.29, 0.717) is 0 Å². The van der Waals surface area contributed by atoms with Crippen molar-refractivity contribution in [1.29, 1.82) is 0 Å². The molecule has 17 aromatic rings. The lowest BCUT2D eigenvalue weighted by atomic mass is 10.0. The molecule has 0 atom stereocenters. The summed E-state index contributed by atoms with van der Waals surface area (Å²) in [6.45, 7) is 0. The van der Waals surface area contributed by atoms with E-state index in [-0.39, 0.29) is 0 Å². The summed E-state index contributed by atoms with van der Waals surface area (Å²) in [6.07, 6.45) is 0. The fourth-order valence-electron chi connectivity index (χ4n) is 14.4. The van der Waals surface area contributed by atoms with Gasteiger partial charge in [-0.1, -0.05) is 279 Å². The first-order valence-electron chi connectivity index (χ1n) is 30.4. The van der Waals surface area contributed by atoms with Crippen molar-refractivity contribution in [1.82, 2.24) is 13.7 Å². The molecule has 17 rings (SSSR count). The van der Waals surface area contributed by atoms with Crippen LogP contribution in [-0.2, 0) is 0 Å². The number of para-hydroxylation sites is 4. The number of benzene rings is 14. The molecular weight excluding hydrogens is 1080 g/mol. The van der Waals surface area contributed by atoms with Crippen molar-refractivity contribution in [3.05, 3.63) is 346 Å². The Balaban J connectivity index is 0.896. The smallest absolute Gasteiger partial charge is 0.179 e. The van der Waals surface area contributed by atoms with Gasteiger partial charge in [0.1, 0.15) is 0 Å². The van der Waals surface area contributed by atoms with E-state index in [1.165, 1.54) is 109 Å². The average Bonchev–Trinajstić information content (AvgIpc) is 1.49. The summed E-state index contributed by atoms with van der Waals surface area (Å²) in [5.41, 5.74) is 19.8. The van der Waals surface area contributed by atoms with Gasteiger partial charge in [0.2, 0.25) is 0 Å². The Labute approximate surface area is 512 Å². The molecule has 0 saturated heterocycles. The van der Waals surface area contributed by atoms with Gasteiger partial charge in [0.25, 0.3) is 0 Å². The Morgan fingerprint density at radius 1 is 0.159 bits per heavy atom. The molecule has 0 N–H and O–H groups in total. The molecule has 0 unspecified atom stereocenters. The minimum Gasteiger partial charge on any atom is -0.309 e. The predicted octanol–water partition coefficient (Wildman–Crippen LogP) is 19.0. The van der Waals surface area contributed by atoms with E-state index in [1.54, 1.807) is 0 Å². The fourth-order valence-corrected chi connectivity index (χ4v) is 19.2. The average molecular weight is 1140 g/mol. The van der Waals surface area contributed by atoms with Gasteiger partial charge in [-0.25, -0.2) is 0 Å². The van der Waals surface area contributed by atoms with Gasteiger partial charge in [-0.15, -0.1) is 0 Å². The number of aromatic nitrogens is 3. The lowest BCUT2D eigenvalue weighted by Gasteiger charge is -2.35. The predicted molar refractivity (Wildman–Crippen MR) is 375 cm³/mol. The Morgan fingerprint density at radius 2 is 0.500 bits per heavy atom. The molecule has 0 bridgehead atoms. The fraction of sp³-hybridized carbons (Fsp3) is 0. The number of nitrogens with zero attached hydrogens (tertiary/aromatic N) is 3. The van der Waals surface area contributed by atoms with Gasteiger partial charge in [-0.3, -0.25) is 0 Å². The van der Waals surface area contributed by atoms with Crippen LogP contribution in [-0.4, -0.2) is 21.8 Å². The quantitative estimate of drug-likeness (QED) is 0.0906. The second-order valence-corrected chi connectivity index (χ2v) is 27.0. The van der Waals surface area contributed by atoms with Crippen LogP contribution in [0.2, 0.25) is 0 Å². The maximum absolute atomic E-state index is 3.08. The molecule has 88 heavy (non-hydrogen) atoms. The summed E-state index contributed by atoms with van der Waals surface area (Å²) in [7, 11) is -3.08. The molecule has 0 spiro atoms. The molecule has 0 aliphatic rings. The van der Waals surface area contributed by atoms with Gasteiger partial charge in [0.05, 0.1) is 33.1 Å². The lowest BCUT2D eigenvalue weighted by Crippen LogP contribution is -2.74. The van der Waals surface area contributed by atoms with Crippen LogP contribution < -0.4 is 20.7 Å². The van der Waals surface area contributed by atoms with E-state index in [2.05, 4.69) is 359 Å². The van der Waals surface area contributed by atoms with Crippen molar-refractivity contribution in [2.24, 2.45) is 0 Å².